The van der Waals surface area contributed by atoms with Gasteiger partial charge in [0.05, 0.1) is 0 Å². The third-order valence-electron chi connectivity index (χ3n) is 12.5. The van der Waals surface area contributed by atoms with E-state index in [9.17, 15) is 14.4 Å². The van der Waals surface area contributed by atoms with Crippen molar-refractivity contribution in [3.05, 3.63) is 0 Å². The number of hydrogen-bond acceptors (Lipinski definition) is 6. The number of ether oxygens (including phenoxy) is 3. The van der Waals surface area contributed by atoms with Crippen LogP contribution in [-0.4, -0.2) is 37.2 Å². The van der Waals surface area contributed by atoms with E-state index in [1.165, 1.54) is 193 Å². The Morgan fingerprint density at radius 2 is 0.541 bits per heavy atom. The van der Waals surface area contributed by atoms with E-state index in [0.717, 1.165) is 69.6 Å². The predicted octanol–water partition coefficient (Wildman–Crippen LogP) is 17.7. The molecule has 0 aromatic rings. The van der Waals surface area contributed by atoms with Gasteiger partial charge in [0.2, 0.25) is 0 Å². The first-order valence-corrected chi connectivity index (χ1v) is 27.2. The quantitative estimate of drug-likeness (QED) is 0.0344. The van der Waals surface area contributed by atoms with Crippen molar-refractivity contribution in [2.75, 3.05) is 13.2 Å². The Morgan fingerprint density at radius 3 is 0.803 bits per heavy atom. The maximum absolute atomic E-state index is 12.8. The van der Waals surface area contributed by atoms with Crippen LogP contribution in [0.2, 0.25) is 0 Å². The van der Waals surface area contributed by atoms with Crippen molar-refractivity contribution >= 4 is 17.9 Å². The Hall–Kier alpha value is -1.59. The Balaban J connectivity index is 4.22. The summed E-state index contributed by atoms with van der Waals surface area (Å²) >= 11 is 0. The molecule has 61 heavy (non-hydrogen) atoms. The summed E-state index contributed by atoms with van der Waals surface area (Å²) in [6, 6.07) is 0. The molecule has 0 heterocycles. The molecule has 0 fully saturated rings. The van der Waals surface area contributed by atoms with Gasteiger partial charge in [-0.3, -0.25) is 14.4 Å². The van der Waals surface area contributed by atoms with Crippen molar-refractivity contribution in [1.82, 2.24) is 0 Å². The first kappa shape index (κ1) is 59.4. The minimum absolute atomic E-state index is 0.0632. The van der Waals surface area contributed by atoms with Gasteiger partial charge in [-0.05, 0) is 31.1 Å². The average Bonchev–Trinajstić information content (AvgIpc) is 3.23. The van der Waals surface area contributed by atoms with E-state index in [1.54, 1.807) is 0 Å². The van der Waals surface area contributed by atoms with Crippen LogP contribution in [0.5, 0.6) is 0 Å². The summed E-state index contributed by atoms with van der Waals surface area (Å²) in [6.07, 6.45) is 49.5. The second-order valence-corrected chi connectivity index (χ2v) is 19.8. The Morgan fingerprint density at radius 1 is 0.311 bits per heavy atom. The van der Waals surface area contributed by atoms with Crippen LogP contribution in [0, 0.1) is 11.8 Å². The third-order valence-corrected chi connectivity index (χ3v) is 12.5. The smallest absolute Gasteiger partial charge is 0.306 e. The molecule has 6 nitrogen and oxygen atoms in total. The fourth-order valence-corrected chi connectivity index (χ4v) is 8.34. The average molecular weight is 863 g/mol. The highest BCUT2D eigenvalue weighted by molar-refractivity contribution is 5.71. The summed E-state index contributed by atoms with van der Waals surface area (Å²) in [5, 5.41) is 0. The van der Waals surface area contributed by atoms with E-state index in [4.69, 9.17) is 14.2 Å². The van der Waals surface area contributed by atoms with Crippen LogP contribution in [0.1, 0.15) is 304 Å². The lowest BCUT2D eigenvalue weighted by Gasteiger charge is -2.18. The minimum atomic E-state index is -0.761. The number of carbonyl (C=O) groups is 3. The van der Waals surface area contributed by atoms with Crippen LogP contribution in [0.3, 0.4) is 0 Å². The molecule has 0 saturated carbocycles. The van der Waals surface area contributed by atoms with Crippen LogP contribution >= 0.6 is 0 Å². The van der Waals surface area contributed by atoms with Crippen LogP contribution in [-0.2, 0) is 28.6 Å². The van der Waals surface area contributed by atoms with Crippen molar-refractivity contribution in [1.29, 1.82) is 0 Å². The van der Waals surface area contributed by atoms with Crippen LogP contribution in [0.4, 0.5) is 0 Å². The molecule has 0 aliphatic heterocycles. The van der Waals surface area contributed by atoms with Crippen molar-refractivity contribution in [2.45, 2.75) is 310 Å². The fraction of sp³-hybridized carbons (Fsp3) is 0.945. The molecule has 6 heteroatoms. The number of unbranched alkanes of at least 4 members (excludes halogenated alkanes) is 34. The topological polar surface area (TPSA) is 78.9 Å². The van der Waals surface area contributed by atoms with E-state index in [2.05, 4.69) is 34.6 Å². The summed E-state index contributed by atoms with van der Waals surface area (Å²) in [4.78, 5) is 37.9. The van der Waals surface area contributed by atoms with E-state index in [0.29, 0.717) is 19.3 Å². The summed E-state index contributed by atoms with van der Waals surface area (Å²) < 4.78 is 16.8. The SMILES string of the molecule is CCCCCCCCCCCC(=O)OC[C@@H](COC(=O)CCCCCCCCCCCCCCCCCCC(C)C)OC(=O)CCCCCCCCCCCCCCC(C)C. The largest absolute Gasteiger partial charge is 0.462 e. The minimum Gasteiger partial charge on any atom is -0.462 e. The van der Waals surface area contributed by atoms with Gasteiger partial charge in [0, 0.05) is 19.3 Å². The first-order chi connectivity index (χ1) is 29.7. The molecule has 0 bridgehead atoms. The van der Waals surface area contributed by atoms with Crippen molar-refractivity contribution in [2.24, 2.45) is 11.8 Å². The number of hydrogen-bond donors (Lipinski definition) is 0. The van der Waals surface area contributed by atoms with Crippen molar-refractivity contribution in [3.8, 4) is 0 Å². The van der Waals surface area contributed by atoms with E-state index in [1.807, 2.05) is 0 Å². The molecule has 0 aliphatic carbocycles. The molecule has 0 spiro atoms. The molecule has 0 aliphatic rings. The van der Waals surface area contributed by atoms with E-state index >= 15 is 0 Å². The van der Waals surface area contributed by atoms with Crippen LogP contribution < -0.4 is 0 Å². The maximum atomic E-state index is 12.8. The zero-order chi connectivity index (χ0) is 44.7. The molecule has 0 rings (SSSR count). The molecule has 0 amide bonds. The zero-order valence-corrected chi connectivity index (χ0v) is 41.8. The molecule has 362 valence electrons. The predicted molar refractivity (Wildman–Crippen MR) is 261 cm³/mol. The fourth-order valence-electron chi connectivity index (χ4n) is 8.34. The molecule has 0 aromatic heterocycles. The van der Waals surface area contributed by atoms with Gasteiger partial charge in [-0.1, -0.05) is 266 Å². The van der Waals surface area contributed by atoms with Crippen molar-refractivity contribution in [3.63, 3.8) is 0 Å². The summed E-state index contributed by atoms with van der Waals surface area (Å²) in [7, 11) is 0. The lowest BCUT2D eigenvalue weighted by atomic mass is 10.0. The molecule has 0 N–H and O–H groups in total. The summed E-state index contributed by atoms with van der Waals surface area (Å²) in [5.41, 5.74) is 0. The monoisotopic (exact) mass is 863 g/mol. The summed E-state index contributed by atoms with van der Waals surface area (Å²) in [5.74, 6) is 0.838. The molecule has 0 radical (unpaired) electrons. The standard InChI is InChI=1S/C55H106O6/c1-6-7-8-9-10-23-30-35-40-45-53(56)59-48-52(61-55(58)47-42-37-32-27-22-18-17-20-25-29-34-39-44-51(4)5)49-60-54(57)46-41-36-31-26-21-16-14-12-11-13-15-19-24-28-33-38-43-50(2)3/h50-52H,6-49H2,1-5H3/t52-/m0/s1. The molecule has 1 atom stereocenters. The Bertz CT molecular complexity index is 931. The van der Waals surface area contributed by atoms with Gasteiger partial charge >= 0.3 is 17.9 Å². The Kier molecular flexibility index (Phi) is 46.6. The third kappa shape index (κ3) is 49.3. The van der Waals surface area contributed by atoms with Gasteiger partial charge in [0.25, 0.3) is 0 Å². The first-order valence-electron chi connectivity index (χ1n) is 27.2. The van der Waals surface area contributed by atoms with Gasteiger partial charge in [0.15, 0.2) is 6.10 Å². The molecule has 0 unspecified atom stereocenters. The van der Waals surface area contributed by atoms with Gasteiger partial charge in [-0.25, -0.2) is 0 Å². The summed E-state index contributed by atoms with van der Waals surface area (Å²) in [6.45, 7) is 11.4. The van der Waals surface area contributed by atoms with Crippen LogP contribution in [0.15, 0.2) is 0 Å². The van der Waals surface area contributed by atoms with Gasteiger partial charge in [-0.2, -0.15) is 0 Å². The van der Waals surface area contributed by atoms with E-state index in [-0.39, 0.29) is 31.1 Å². The van der Waals surface area contributed by atoms with Gasteiger partial charge < -0.3 is 14.2 Å². The molecular weight excluding hydrogens is 757 g/mol. The number of carbonyl (C=O) groups excluding carboxylic acids is 3. The van der Waals surface area contributed by atoms with Crippen LogP contribution in [0.25, 0.3) is 0 Å². The highest BCUT2D eigenvalue weighted by atomic mass is 16.6. The second kappa shape index (κ2) is 47.9. The maximum Gasteiger partial charge on any atom is 0.306 e. The van der Waals surface area contributed by atoms with E-state index < -0.39 is 6.10 Å². The zero-order valence-electron chi connectivity index (χ0n) is 41.8. The normalized spacial score (nSPS) is 12.0. The molecule has 0 aromatic carbocycles. The Labute approximate surface area is 380 Å². The number of rotatable bonds is 49. The number of esters is 3. The highest BCUT2D eigenvalue weighted by Gasteiger charge is 2.19. The second-order valence-electron chi connectivity index (χ2n) is 19.8. The van der Waals surface area contributed by atoms with Gasteiger partial charge in [-0.15, -0.1) is 0 Å². The lowest BCUT2D eigenvalue weighted by Crippen LogP contribution is -2.30. The van der Waals surface area contributed by atoms with Crippen molar-refractivity contribution < 1.29 is 28.6 Å². The highest BCUT2D eigenvalue weighted by Crippen LogP contribution is 2.18. The lowest BCUT2D eigenvalue weighted by molar-refractivity contribution is -0.167. The molecule has 0 saturated heterocycles. The molecular formula is C55H106O6. The van der Waals surface area contributed by atoms with Gasteiger partial charge in [0.1, 0.15) is 13.2 Å².